The van der Waals surface area contributed by atoms with Crippen molar-refractivity contribution in [1.82, 2.24) is 4.98 Å². The number of halogens is 1. The molecule has 0 fully saturated rings. The molecule has 2 N–H and O–H groups in total. The predicted molar refractivity (Wildman–Crippen MR) is 166 cm³/mol. The monoisotopic (exact) mass is 593 g/mol. The Balaban J connectivity index is 1.40. The first-order chi connectivity index (χ1) is 20.8. The second-order valence-electron chi connectivity index (χ2n) is 11.2. The summed E-state index contributed by atoms with van der Waals surface area (Å²) in [7, 11) is 0. The Kier molecular flexibility index (Phi) is 8.04. The molecule has 4 aromatic rings. The van der Waals surface area contributed by atoms with Crippen molar-refractivity contribution in [2.45, 2.75) is 44.9 Å². The van der Waals surface area contributed by atoms with E-state index >= 15 is 0 Å². The van der Waals surface area contributed by atoms with Crippen LogP contribution in [0.25, 0.3) is 12.2 Å². The molecule has 0 amide bonds. The molecule has 0 saturated carbocycles. The average Bonchev–Trinajstić information content (AvgIpc) is 3.00. The molecule has 2 unspecified atom stereocenters. The molecule has 218 valence electrons. The summed E-state index contributed by atoms with van der Waals surface area (Å²) in [5.41, 5.74) is 4.28. The fraction of sp³-hybridized carbons (Fsp3) is 0.250. The number of carboxylic acid groups (broad SMARTS) is 2. The van der Waals surface area contributed by atoms with E-state index in [1.54, 1.807) is 0 Å². The summed E-state index contributed by atoms with van der Waals surface area (Å²) in [6, 6.07) is 18.9. The topological polar surface area (TPSA) is 96.7 Å². The number of fused-ring (bicyclic) bond motifs is 4. The van der Waals surface area contributed by atoms with Gasteiger partial charge in [0, 0.05) is 23.2 Å². The number of nitrogens with zero attached hydrogens (tertiary/aromatic N) is 1. The van der Waals surface area contributed by atoms with Gasteiger partial charge in [-0.3, -0.25) is 0 Å². The van der Waals surface area contributed by atoms with Gasteiger partial charge in [-0.25, -0.2) is 14.6 Å². The van der Waals surface area contributed by atoms with Gasteiger partial charge in [0.1, 0.15) is 0 Å². The van der Waals surface area contributed by atoms with Crippen molar-refractivity contribution in [2.24, 2.45) is 5.92 Å². The van der Waals surface area contributed by atoms with E-state index in [1.165, 1.54) is 39.8 Å². The number of aromatic nitrogens is 1. The van der Waals surface area contributed by atoms with E-state index in [1.807, 2.05) is 31.3 Å². The maximum absolute atomic E-state index is 11.9. The third-order valence-corrected chi connectivity index (χ3v) is 8.80. The van der Waals surface area contributed by atoms with Gasteiger partial charge in [0.25, 0.3) is 0 Å². The van der Waals surface area contributed by atoms with Gasteiger partial charge in [-0.05, 0) is 112 Å². The van der Waals surface area contributed by atoms with E-state index in [9.17, 15) is 19.8 Å². The highest BCUT2D eigenvalue weighted by Gasteiger charge is 2.25. The number of benzene rings is 3. The van der Waals surface area contributed by atoms with E-state index in [0.717, 1.165) is 41.7 Å². The minimum atomic E-state index is -1.11. The average molecular weight is 594 g/mol. The van der Waals surface area contributed by atoms with Gasteiger partial charge in [-0.15, -0.1) is 0 Å². The summed E-state index contributed by atoms with van der Waals surface area (Å²) in [5.74, 6) is -1.38. The summed E-state index contributed by atoms with van der Waals surface area (Å²) >= 11 is 6.41. The molecule has 0 spiro atoms. The minimum absolute atomic E-state index is 0.0243. The normalized spacial score (nSPS) is 16.6. The van der Waals surface area contributed by atoms with Gasteiger partial charge in [0.2, 0.25) is 5.88 Å². The predicted octanol–water partition coefficient (Wildman–Crippen LogP) is 5.91. The highest BCUT2D eigenvalue weighted by molar-refractivity contribution is 6.30. The molecular formula is C36H32ClNO5. The number of aryl methyl sites for hydroxylation is 1. The van der Waals surface area contributed by atoms with Crippen LogP contribution in [0.2, 0.25) is 5.02 Å². The summed E-state index contributed by atoms with van der Waals surface area (Å²) in [6.07, 6.45) is 10.2. The van der Waals surface area contributed by atoms with Crippen LogP contribution in [-0.4, -0.2) is 33.7 Å². The summed E-state index contributed by atoms with van der Waals surface area (Å²) in [4.78, 5) is 28.3. The highest BCUT2D eigenvalue weighted by Crippen LogP contribution is 2.33. The molecule has 1 aromatic heterocycles. The van der Waals surface area contributed by atoms with Gasteiger partial charge in [-0.2, -0.15) is 0 Å². The Morgan fingerprint density at radius 1 is 0.953 bits per heavy atom. The second kappa shape index (κ2) is 12.1. The van der Waals surface area contributed by atoms with Crippen molar-refractivity contribution in [3.8, 4) is 5.88 Å². The molecule has 3 aromatic carbocycles. The quantitative estimate of drug-likeness (QED) is 0.250. The lowest BCUT2D eigenvalue weighted by atomic mass is 9.78. The molecule has 6 rings (SSSR count). The standard InChI is InChI=1S/C36H32ClNO5/c1-2-43-33-15-8-21(20-38-33)6-9-24-18-25-19-26(37)11-14-27(25)29-13-10-23-16-22(7-12-28(23)34(24)29)17-32-30(35(39)40)4-3-5-31(32)36(41)42/h3-5,8,10-11,13-16,18-20,22,24H,2,6-7,9,12,17H2,1H3,(H,39,40)(H,41,42). The van der Waals surface area contributed by atoms with E-state index in [4.69, 9.17) is 16.3 Å². The summed E-state index contributed by atoms with van der Waals surface area (Å²) in [5, 5.41) is 24.9. The summed E-state index contributed by atoms with van der Waals surface area (Å²) in [6.45, 7) is 2.52. The van der Waals surface area contributed by atoms with Crippen LogP contribution < -0.4 is 15.2 Å². The minimum Gasteiger partial charge on any atom is -0.478 e. The van der Waals surface area contributed by atoms with E-state index in [0.29, 0.717) is 29.5 Å². The number of carboxylic acids is 2. The van der Waals surface area contributed by atoms with Crippen molar-refractivity contribution in [3.05, 3.63) is 126 Å². The van der Waals surface area contributed by atoms with Crippen LogP contribution in [0.15, 0.2) is 66.9 Å². The van der Waals surface area contributed by atoms with Crippen LogP contribution in [0.5, 0.6) is 5.88 Å². The smallest absolute Gasteiger partial charge is 0.335 e. The molecule has 0 saturated heterocycles. The van der Waals surface area contributed by atoms with E-state index in [2.05, 4.69) is 41.4 Å². The molecule has 43 heavy (non-hydrogen) atoms. The van der Waals surface area contributed by atoms with Gasteiger partial charge < -0.3 is 14.9 Å². The first kappa shape index (κ1) is 28.7. The Bertz CT molecular complexity index is 1920. The van der Waals surface area contributed by atoms with Crippen LogP contribution in [0.4, 0.5) is 0 Å². The fourth-order valence-corrected chi connectivity index (χ4v) is 6.81. The van der Waals surface area contributed by atoms with Crippen molar-refractivity contribution in [2.75, 3.05) is 6.61 Å². The number of rotatable bonds is 9. The molecule has 0 bridgehead atoms. The maximum Gasteiger partial charge on any atom is 0.335 e. The molecule has 6 nitrogen and oxygen atoms in total. The Labute approximate surface area is 254 Å². The molecule has 2 aliphatic rings. The van der Waals surface area contributed by atoms with Crippen LogP contribution in [0, 0.1) is 16.4 Å². The molecule has 7 heteroatoms. The molecular weight excluding hydrogens is 562 g/mol. The Hall–Kier alpha value is -4.42. The van der Waals surface area contributed by atoms with Gasteiger partial charge in [-0.1, -0.05) is 54.1 Å². The second-order valence-corrected chi connectivity index (χ2v) is 11.6. The lowest BCUT2D eigenvalue weighted by molar-refractivity contribution is 0.0695. The number of aromatic carboxylic acids is 2. The lowest BCUT2D eigenvalue weighted by Gasteiger charge is -2.26. The first-order valence-electron chi connectivity index (χ1n) is 14.6. The SMILES string of the molecule is CCOc1ccc(CCC2C=c3cc(Cl)ccc3=c3ccc4c(c32)CCC(Cc2c(C(=O)O)cccc2C(=O)O)C=4)cn1. The Morgan fingerprint density at radius 3 is 2.42 bits per heavy atom. The van der Waals surface area contributed by atoms with Crippen molar-refractivity contribution in [1.29, 1.82) is 0 Å². The highest BCUT2D eigenvalue weighted by atomic mass is 35.5. The zero-order chi connectivity index (χ0) is 30.1. The fourth-order valence-electron chi connectivity index (χ4n) is 6.63. The lowest BCUT2D eigenvalue weighted by Crippen LogP contribution is -2.26. The van der Waals surface area contributed by atoms with E-state index in [-0.39, 0.29) is 23.0 Å². The van der Waals surface area contributed by atoms with Crippen LogP contribution in [0.3, 0.4) is 0 Å². The third-order valence-electron chi connectivity index (χ3n) is 8.57. The van der Waals surface area contributed by atoms with Crippen LogP contribution >= 0.6 is 11.6 Å². The molecule has 2 atom stereocenters. The number of hydrogen-bond donors (Lipinski definition) is 2. The van der Waals surface area contributed by atoms with Crippen molar-refractivity contribution < 1.29 is 24.5 Å². The van der Waals surface area contributed by atoms with Crippen LogP contribution in [-0.2, 0) is 19.3 Å². The van der Waals surface area contributed by atoms with Crippen LogP contribution in [0.1, 0.15) is 68.7 Å². The largest absolute Gasteiger partial charge is 0.478 e. The first-order valence-corrected chi connectivity index (χ1v) is 15.0. The van der Waals surface area contributed by atoms with Crippen molar-refractivity contribution in [3.63, 3.8) is 0 Å². The zero-order valence-corrected chi connectivity index (χ0v) is 24.6. The third kappa shape index (κ3) is 5.80. The maximum atomic E-state index is 11.9. The van der Waals surface area contributed by atoms with E-state index < -0.39 is 11.9 Å². The number of ether oxygens (including phenoxy) is 1. The molecule has 0 aliphatic heterocycles. The zero-order valence-electron chi connectivity index (χ0n) is 23.8. The number of hydrogen-bond acceptors (Lipinski definition) is 4. The Morgan fingerprint density at radius 2 is 1.72 bits per heavy atom. The van der Waals surface area contributed by atoms with Gasteiger partial charge in [0.05, 0.1) is 17.7 Å². The molecule has 1 heterocycles. The number of pyridine rings is 1. The molecule has 2 aliphatic carbocycles. The van der Waals surface area contributed by atoms with Gasteiger partial charge in [0.15, 0.2) is 0 Å². The summed E-state index contributed by atoms with van der Waals surface area (Å²) < 4.78 is 5.51. The number of carbonyl (C=O) groups is 2. The van der Waals surface area contributed by atoms with Crippen molar-refractivity contribution >= 4 is 35.7 Å². The molecule has 0 radical (unpaired) electrons. The van der Waals surface area contributed by atoms with Gasteiger partial charge >= 0.3 is 11.9 Å².